The summed E-state index contributed by atoms with van der Waals surface area (Å²) in [5.41, 5.74) is 1.25. The molecule has 1 aliphatic carbocycles. The van der Waals surface area contributed by atoms with E-state index in [-0.39, 0.29) is 0 Å². The third-order valence-corrected chi connectivity index (χ3v) is 4.72. The molecule has 21 heavy (non-hydrogen) atoms. The number of carbonyl (C=O) groups excluding carboxylic acids is 1. The van der Waals surface area contributed by atoms with Crippen LogP contribution in [0.4, 0.5) is 0 Å². The van der Waals surface area contributed by atoms with Crippen LogP contribution < -0.4 is 4.74 Å². The van der Waals surface area contributed by atoms with Crippen LogP contribution in [0.3, 0.4) is 0 Å². The Hall–Kier alpha value is -1.35. The van der Waals surface area contributed by atoms with E-state index in [1.807, 2.05) is 12.1 Å². The third-order valence-electron chi connectivity index (χ3n) is 4.72. The van der Waals surface area contributed by atoms with E-state index < -0.39 is 0 Å². The summed E-state index contributed by atoms with van der Waals surface area (Å²) in [6.45, 7) is 3.23. The first-order valence-electron chi connectivity index (χ1n) is 7.96. The van der Waals surface area contributed by atoms with Gasteiger partial charge in [0.2, 0.25) is 0 Å². The Labute approximate surface area is 128 Å². The number of hydrogen-bond donors (Lipinski definition) is 0. The molecule has 0 heterocycles. The molecule has 0 radical (unpaired) electrons. The summed E-state index contributed by atoms with van der Waals surface area (Å²) < 4.78 is 5.42. The van der Waals surface area contributed by atoms with Crippen molar-refractivity contribution < 1.29 is 9.53 Å². The van der Waals surface area contributed by atoms with Crippen LogP contribution in [-0.4, -0.2) is 37.4 Å². The number of nitrogens with zero attached hydrogens (tertiary/aromatic N) is 1. The van der Waals surface area contributed by atoms with Crippen molar-refractivity contribution in [3.63, 3.8) is 0 Å². The molecule has 1 fully saturated rings. The summed E-state index contributed by atoms with van der Waals surface area (Å²) in [6, 6.07) is 8.64. The van der Waals surface area contributed by atoms with E-state index in [9.17, 15) is 4.79 Å². The first-order chi connectivity index (χ1) is 10.1. The second-order valence-electron chi connectivity index (χ2n) is 6.19. The number of rotatable bonds is 7. The summed E-state index contributed by atoms with van der Waals surface area (Å²) >= 11 is 0. The Morgan fingerprint density at radius 3 is 2.81 bits per heavy atom. The quantitative estimate of drug-likeness (QED) is 0.771. The molecule has 0 aromatic heterocycles. The van der Waals surface area contributed by atoms with Crippen molar-refractivity contribution in [3.05, 3.63) is 29.8 Å². The highest BCUT2D eigenvalue weighted by Crippen LogP contribution is 2.25. The Morgan fingerprint density at radius 2 is 2.14 bits per heavy atom. The van der Waals surface area contributed by atoms with Gasteiger partial charge in [0.05, 0.1) is 7.11 Å². The molecule has 0 N–H and O–H groups in total. The minimum absolute atomic E-state index is 0.311. The zero-order chi connectivity index (χ0) is 15.2. The number of ketones is 1. The highest BCUT2D eigenvalue weighted by atomic mass is 16.5. The van der Waals surface area contributed by atoms with Crippen molar-refractivity contribution in [1.82, 2.24) is 4.90 Å². The summed E-state index contributed by atoms with van der Waals surface area (Å²) in [7, 11) is 3.87. The number of methoxy groups -OCH3 is 1. The molecule has 2 unspecified atom stereocenters. The molecule has 3 heteroatoms. The maximum absolute atomic E-state index is 11.7. The lowest BCUT2D eigenvalue weighted by Gasteiger charge is -2.26. The van der Waals surface area contributed by atoms with Crippen LogP contribution in [0.1, 0.15) is 38.2 Å². The maximum atomic E-state index is 11.7. The molecule has 0 saturated heterocycles. The van der Waals surface area contributed by atoms with Crippen LogP contribution >= 0.6 is 0 Å². The molecule has 3 nitrogen and oxygen atoms in total. The van der Waals surface area contributed by atoms with Gasteiger partial charge in [-0.3, -0.25) is 4.79 Å². The van der Waals surface area contributed by atoms with E-state index in [1.165, 1.54) is 5.56 Å². The average molecular weight is 289 g/mol. The normalized spacial score (nSPS) is 20.0. The summed E-state index contributed by atoms with van der Waals surface area (Å²) in [5.74, 6) is 1.75. The summed E-state index contributed by atoms with van der Waals surface area (Å²) in [6.07, 6.45) is 4.95. The summed E-state index contributed by atoms with van der Waals surface area (Å²) in [4.78, 5) is 14.1. The van der Waals surface area contributed by atoms with Crippen molar-refractivity contribution >= 4 is 5.78 Å². The predicted octanol–water partition coefficient (Wildman–Crippen LogP) is 3.32. The molecular weight excluding hydrogens is 262 g/mol. The molecule has 1 aromatic rings. The third kappa shape index (κ3) is 4.31. The lowest BCUT2D eigenvalue weighted by Crippen LogP contribution is -2.33. The van der Waals surface area contributed by atoms with Gasteiger partial charge in [0.1, 0.15) is 11.5 Å². The fourth-order valence-corrected chi connectivity index (χ4v) is 3.12. The Bertz CT molecular complexity index is 472. The molecular formula is C18H27NO2. The van der Waals surface area contributed by atoms with E-state index in [1.54, 1.807) is 7.11 Å². The average Bonchev–Trinajstić information content (AvgIpc) is 2.90. The zero-order valence-corrected chi connectivity index (χ0v) is 13.5. The molecule has 0 spiro atoms. The second-order valence-corrected chi connectivity index (χ2v) is 6.19. The summed E-state index contributed by atoms with van der Waals surface area (Å²) in [5, 5.41) is 0. The van der Waals surface area contributed by atoms with Gasteiger partial charge in [-0.05, 0) is 57.8 Å². The second kappa shape index (κ2) is 7.60. The van der Waals surface area contributed by atoms with Gasteiger partial charge in [-0.15, -0.1) is 0 Å². The molecule has 0 aliphatic heterocycles. The molecule has 116 valence electrons. The van der Waals surface area contributed by atoms with Crippen LogP contribution in [0.5, 0.6) is 5.75 Å². The number of para-hydroxylation sites is 1. The molecule has 2 atom stereocenters. The zero-order valence-electron chi connectivity index (χ0n) is 13.5. The Balaban J connectivity index is 1.84. The van der Waals surface area contributed by atoms with Gasteiger partial charge in [0.25, 0.3) is 0 Å². The number of Topliss-reactive ketones (excluding diaryl/α,β-unsaturated/α-hetero) is 1. The molecule has 0 amide bonds. The van der Waals surface area contributed by atoms with Crippen LogP contribution in [0.25, 0.3) is 0 Å². The van der Waals surface area contributed by atoms with Gasteiger partial charge in [-0.25, -0.2) is 0 Å². The van der Waals surface area contributed by atoms with Crippen molar-refractivity contribution in [1.29, 1.82) is 0 Å². The number of carbonyl (C=O) groups is 1. The largest absolute Gasteiger partial charge is 0.496 e. The topological polar surface area (TPSA) is 29.5 Å². The SMILES string of the molecule is COc1ccccc1CC(C)N(C)CCC1CCCC1=O. The Kier molecular flexibility index (Phi) is 5.80. The molecule has 1 saturated carbocycles. The fraction of sp³-hybridized carbons (Fsp3) is 0.611. The van der Waals surface area contributed by atoms with Gasteiger partial charge in [0, 0.05) is 18.4 Å². The lowest BCUT2D eigenvalue weighted by atomic mass is 10.0. The number of hydrogen-bond acceptors (Lipinski definition) is 3. The standard InChI is InChI=1S/C18H27NO2/c1-14(13-16-7-4-5-10-18(16)21-3)19(2)12-11-15-8-6-9-17(15)20/h4-5,7,10,14-15H,6,8-9,11-13H2,1-3H3. The van der Waals surface area contributed by atoms with Crippen LogP contribution in [0.15, 0.2) is 24.3 Å². The van der Waals surface area contributed by atoms with Gasteiger partial charge >= 0.3 is 0 Å². The number of ether oxygens (including phenoxy) is 1. The first kappa shape index (κ1) is 16.0. The van der Waals surface area contributed by atoms with E-state index >= 15 is 0 Å². The highest BCUT2D eigenvalue weighted by molar-refractivity contribution is 5.82. The van der Waals surface area contributed by atoms with Crippen LogP contribution in [0.2, 0.25) is 0 Å². The molecule has 0 bridgehead atoms. The van der Waals surface area contributed by atoms with Gasteiger partial charge < -0.3 is 9.64 Å². The minimum Gasteiger partial charge on any atom is -0.496 e. The molecule has 1 aliphatic rings. The van der Waals surface area contributed by atoms with E-state index in [0.29, 0.717) is 17.7 Å². The first-order valence-corrected chi connectivity index (χ1v) is 7.96. The monoisotopic (exact) mass is 289 g/mol. The van der Waals surface area contributed by atoms with Gasteiger partial charge in [0.15, 0.2) is 0 Å². The van der Waals surface area contributed by atoms with Crippen LogP contribution in [-0.2, 0) is 11.2 Å². The smallest absolute Gasteiger partial charge is 0.136 e. The number of benzene rings is 1. The highest BCUT2D eigenvalue weighted by Gasteiger charge is 2.24. The van der Waals surface area contributed by atoms with Gasteiger partial charge in [-0.1, -0.05) is 18.2 Å². The molecule has 2 rings (SSSR count). The lowest BCUT2D eigenvalue weighted by molar-refractivity contribution is -0.120. The van der Waals surface area contributed by atoms with E-state index in [4.69, 9.17) is 4.74 Å². The maximum Gasteiger partial charge on any atom is 0.136 e. The van der Waals surface area contributed by atoms with Crippen molar-refractivity contribution in [2.24, 2.45) is 5.92 Å². The minimum atomic E-state index is 0.311. The molecule has 1 aromatic carbocycles. The van der Waals surface area contributed by atoms with Crippen molar-refractivity contribution in [2.45, 2.75) is 45.1 Å². The van der Waals surface area contributed by atoms with Crippen molar-refractivity contribution in [2.75, 3.05) is 20.7 Å². The van der Waals surface area contributed by atoms with Gasteiger partial charge in [-0.2, -0.15) is 0 Å². The fourth-order valence-electron chi connectivity index (χ4n) is 3.12. The Morgan fingerprint density at radius 1 is 1.38 bits per heavy atom. The number of likely N-dealkylation sites (N-methyl/N-ethyl adjacent to an activating group) is 1. The van der Waals surface area contributed by atoms with E-state index in [0.717, 1.165) is 44.4 Å². The predicted molar refractivity (Wildman–Crippen MR) is 85.8 cm³/mol. The van der Waals surface area contributed by atoms with Crippen molar-refractivity contribution in [3.8, 4) is 5.75 Å². The van der Waals surface area contributed by atoms with Crippen LogP contribution in [0, 0.1) is 5.92 Å². The van der Waals surface area contributed by atoms with E-state index in [2.05, 4.69) is 31.0 Å².